The van der Waals surface area contributed by atoms with Gasteiger partial charge < -0.3 is 9.95 Å². The van der Waals surface area contributed by atoms with Crippen LogP contribution in [0.1, 0.15) is 0 Å². The van der Waals surface area contributed by atoms with Gasteiger partial charge in [-0.05, 0) is 12.1 Å². The van der Waals surface area contributed by atoms with Gasteiger partial charge in [0.15, 0.2) is 0 Å². The number of nitrogens with zero attached hydrogens (tertiary/aromatic N) is 2. The number of nitrogens with two attached hydrogens (primary N) is 1. The van der Waals surface area contributed by atoms with Gasteiger partial charge >= 0.3 is 0 Å². The highest BCUT2D eigenvalue weighted by atomic mass is 32.2. The van der Waals surface area contributed by atoms with Crippen molar-refractivity contribution in [2.24, 2.45) is 5.84 Å². The minimum atomic E-state index is -3.99. The monoisotopic (exact) mass is 299 g/mol. The highest BCUT2D eigenvalue weighted by Crippen LogP contribution is 2.27. The van der Waals surface area contributed by atoms with Gasteiger partial charge in [0.2, 0.25) is 0 Å². The summed E-state index contributed by atoms with van der Waals surface area (Å²) in [5.41, 5.74) is 1.77. The number of rotatable bonds is 5. The number of nitro groups is 1. The SMILES string of the molecule is NNc1ccc(S(=O)(=O)Nc2cnoc2)cc1[N+](=O)[O-]. The molecule has 2 aromatic rings. The maximum atomic E-state index is 12.0. The fraction of sp³-hybridized carbons (Fsp3) is 0. The maximum absolute atomic E-state index is 12.0. The number of hydrogen-bond donors (Lipinski definition) is 3. The van der Waals surface area contributed by atoms with Crippen molar-refractivity contribution in [1.82, 2.24) is 5.16 Å². The van der Waals surface area contributed by atoms with Crippen molar-refractivity contribution in [2.75, 3.05) is 10.1 Å². The second kappa shape index (κ2) is 5.14. The van der Waals surface area contributed by atoms with Gasteiger partial charge in [0.05, 0.1) is 16.0 Å². The number of sulfonamides is 1. The Morgan fingerprint density at radius 3 is 2.70 bits per heavy atom. The number of anilines is 2. The molecular formula is C9H9N5O5S. The van der Waals surface area contributed by atoms with E-state index in [0.717, 1.165) is 18.5 Å². The molecule has 11 heteroatoms. The molecule has 0 saturated heterocycles. The summed E-state index contributed by atoms with van der Waals surface area (Å²) >= 11 is 0. The van der Waals surface area contributed by atoms with E-state index in [1.54, 1.807) is 0 Å². The van der Waals surface area contributed by atoms with Crippen molar-refractivity contribution in [2.45, 2.75) is 4.90 Å². The average molecular weight is 299 g/mol. The van der Waals surface area contributed by atoms with E-state index in [2.05, 4.69) is 19.8 Å². The lowest BCUT2D eigenvalue weighted by atomic mass is 10.3. The van der Waals surface area contributed by atoms with E-state index >= 15 is 0 Å². The fourth-order valence-corrected chi connectivity index (χ4v) is 2.46. The molecule has 0 spiro atoms. The number of nitrogens with one attached hydrogen (secondary N) is 2. The summed E-state index contributed by atoms with van der Waals surface area (Å²) in [5, 5.41) is 14.2. The van der Waals surface area contributed by atoms with Crippen molar-refractivity contribution in [3.8, 4) is 0 Å². The average Bonchev–Trinajstić information content (AvgIpc) is 2.89. The Morgan fingerprint density at radius 2 is 2.15 bits per heavy atom. The van der Waals surface area contributed by atoms with Crippen molar-refractivity contribution < 1.29 is 17.9 Å². The molecule has 20 heavy (non-hydrogen) atoms. The summed E-state index contributed by atoms with van der Waals surface area (Å²) in [6, 6.07) is 3.27. The van der Waals surface area contributed by atoms with Crippen LogP contribution in [0.4, 0.5) is 17.1 Å². The first-order valence-corrected chi connectivity index (χ1v) is 6.59. The standard InChI is InChI=1S/C9H9N5O5S/c10-12-8-2-1-7(3-9(8)14(15)16)20(17,18)13-6-4-11-19-5-6/h1-5,12-13H,10H2. The van der Waals surface area contributed by atoms with Gasteiger partial charge in [-0.1, -0.05) is 5.16 Å². The molecule has 10 nitrogen and oxygen atoms in total. The highest BCUT2D eigenvalue weighted by Gasteiger charge is 2.21. The highest BCUT2D eigenvalue weighted by molar-refractivity contribution is 7.92. The summed E-state index contributed by atoms with van der Waals surface area (Å²) in [7, 11) is -3.99. The molecule has 0 atom stereocenters. The Morgan fingerprint density at radius 1 is 1.40 bits per heavy atom. The number of benzene rings is 1. The van der Waals surface area contributed by atoms with Crippen molar-refractivity contribution in [3.63, 3.8) is 0 Å². The number of nitrogen functional groups attached to an aromatic ring is 1. The summed E-state index contributed by atoms with van der Waals surface area (Å²) < 4.78 is 30.7. The molecule has 0 saturated carbocycles. The van der Waals surface area contributed by atoms with Gasteiger partial charge in [-0.15, -0.1) is 0 Å². The van der Waals surface area contributed by atoms with Crippen molar-refractivity contribution in [3.05, 3.63) is 40.8 Å². The number of hydrazine groups is 1. The molecule has 1 aromatic heterocycles. The molecule has 0 radical (unpaired) electrons. The fourth-order valence-electron chi connectivity index (χ4n) is 1.42. The van der Waals surface area contributed by atoms with E-state index in [-0.39, 0.29) is 16.3 Å². The van der Waals surface area contributed by atoms with Crippen LogP contribution in [0.5, 0.6) is 0 Å². The Labute approximate surface area is 112 Å². The van der Waals surface area contributed by atoms with E-state index in [0.29, 0.717) is 0 Å². The van der Waals surface area contributed by atoms with Crippen LogP contribution in [0, 0.1) is 10.1 Å². The molecule has 0 fully saturated rings. The Hall–Kier alpha value is -2.66. The Kier molecular flexibility index (Phi) is 3.54. The molecule has 0 aliphatic carbocycles. The second-order valence-corrected chi connectivity index (χ2v) is 5.28. The lowest BCUT2D eigenvalue weighted by molar-refractivity contribution is -0.384. The molecule has 0 aliphatic heterocycles. The van der Waals surface area contributed by atoms with Crippen LogP contribution >= 0.6 is 0 Å². The van der Waals surface area contributed by atoms with Gasteiger partial charge in [-0.25, -0.2) is 8.42 Å². The lowest BCUT2D eigenvalue weighted by Gasteiger charge is -2.07. The molecule has 0 aliphatic rings. The molecule has 0 bridgehead atoms. The molecule has 4 N–H and O–H groups in total. The lowest BCUT2D eigenvalue weighted by Crippen LogP contribution is -2.14. The zero-order chi connectivity index (χ0) is 14.8. The molecule has 1 aromatic carbocycles. The van der Waals surface area contributed by atoms with E-state index in [1.807, 2.05) is 0 Å². The van der Waals surface area contributed by atoms with E-state index in [9.17, 15) is 18.5 Å². The van der Waals surface area contributed by atoms with Crippen LogP contribution < -0.4 is 16.0 Å². The minimum Gasteiger partial charge on any atom is -0.362 e. The zero-order valence-corrected chi connectivity index (χ0v) is 10.6. The number of hydrogen-bond acceptors (Lipinski definition) is 8. The van der Waals surface area contributed by atoms with Crippen LogP contribution in [-0.2, 0) is 10.0 Å². The molecular weight excluding hydrogens is 290 g/mol. The van der Waals surface area contributed by atoms with Crippen LogP contribution in [0.2, 0.25) is 0 Å². The van der Waals surface area contributed by atoms with Crippen LogP contribution in [0.25, 0.3) is 0 Å². The zero-order valence-electron chi connectivity index (χ0n) is 9.81. The smallest absolute Gasteiger partial charge is 0.295 e. The van der Waals surface area contributed by atoms with Crippen LogP contribution in [0.15, 0.2) is 40.1 Å². The third kappa shape index (κ3) is 2.67. The van der Waals surface area contributed by atoms with Gasteiger partial charge in [0.25, 0.3) is 15.7 Å². The minimum absolute atomic E-state index is 0.000993. The van der Waals surface area contributed by atoms with Gasteiger partial charge in [-0.2, -0.15) is 0 Å². The van der Waals surface area contributed by atoms with Crippen LogP contribution in [0.3, 0.4) is 0 Å². The third-order valence-corrected chi connectivity index (χ3v) is 3.70. The normalized spacial score (nSPS) is 11.1. The summed E-state index contributed by atoms with van der Waals surface area (Å²) in [6.07, 6.45) is 2.24. The van der Waals surface area contributed by atoms with E-state index < -0.39 is 20.6 Å². The van der Waals surface area contributed by atoms with Crippen molar-refractivity contribution >= 4 is 27.1 Å². The van der Waals surface area contributed by atoms with Crippen molar-refractivity contribution in [1.29, 1.82) is 0 Å². The summed E-state index contributed by atoms with van der Waals surface area (Å²) in [6.45, 7) is 0. The summed E-state index contributed by atoms with van der Waals surface area (Å²) in [5.74, 6) is 5.12. The predicted molar refractivity (Wildman–Crippen MR) is 68.2 cm³/mol. The van der Waals surface area contributed by atoms with Gasteiger partial charge in [-0.3, -0.25) is 20.7 Å². The van der Waals surface area contributed by atoms with Gasteiger partial charge in [0.1, 0.15) is 17.6 Å². The molecule has 106 valence electrons. The second-order valence-electron chi connectivity index (χ2n) is 3.60. The number of aromatic nitrogens is 1. The molecule has 2 rings (SSSR count). The quantitative estimate of drug-likeness (QED) is 0.413. The maximum Gasteiger partial charge on any atom is 0.295 e. The van der Waals surface area contributed by atoms with Crippen LogP contribution in [-0.4, -0.2) is 18.5 Å². The predicted octanol–water partition coefficient (Wildman–Crippen LogP) is 0.669. The van der Waals surface area contributed by atoms with E-state index in [4.69, 9.17) is 5.84 Å². The third-order valence-electron chi connectivity index (χ3n) is 2.32. The molecule has 1 heterocycles. The Balaban J connectivity index is 2.42. The van der Waals surface area contributed by atoms with E-state index in [1.165, 1.54) is 12.1 Å². The first-order valence-electron chi connectivity index (χ1n) is 5.11. The largest absolute Gasteiger partial charge is 0.362 e. The first kappa shape index (κ1) is 13.8. The first-order chi connectivity index (χ1) is 9.44. The molecule has 0 amide bonds. The molecule has 0 unspecified atom stereocenters. The number of nitro benzene ring substituents is 1. The topological polar surface area (TPSA) is 153 Å². The summed E-state index contributed by atoms with van der Waals surface area (Å²) in [4.78, 5) is 9.82. The Bertz CT molecular complexity index is 727. The van der Waals surface area contributed by atoms with Gasteiger partial charge in [0, 0.05) is 6.07 Å².